The Hall–Kier alpha value is -2.47. The molecule has 116 valence electrons. The lowest BCUT2D eigenvalue weighted by Gasteiger charge is -2.17. The number of aromatic nitrogens is 2. The van der Waals surface area contributed by atoms with E-state index >= 15 is 0 Å². The Morgan fingerprint density at radius 1 is 1.36 bits per heavy atom. The molecule has 0 aliphatic rings. The summed E-state index contributed by atoms with van der Waals surface area (Å²) < 4.78 is 20.1. The quantitative estimate of drug-likeness (QED) is 0.889. The molecule has 0 bridgehead atoms. The molecule has 0 amide bonds. The van der Waals surface area contributed by atoms with Gasteiger partial charge in [-0.05, 0) is 19.2 Å². The highest BCUT2D eigenvalue weighted by molar-refractivity contribution is 5.69. The van der Waals surface area contributed by atoms with Crippen molar-refractivity contribution in [3.63, 3.8) is 0 Å². The van der Waals surface area contributed by atoms with Gasteiger partial charge in [0.2, 0.25) is 5.88 Å². The molecule has 6 heteroatoms. The van der Waals surface area contributed by atoms with E-state index in [1.807, 2.05) is 26.0 Å². The molecule has 0 saturated carbocycles. The third kappa shape index (κ3) is 3.40. The van der Waals surface area contributed by atoms with Gasteiger partial charge in [-0.25, -0.2) is 14.4 Å². The summed E-state index contributed by atoms with van der Waals surface area (Å²) in [5.41, 5.74) is 1.90. The number of nitrogens with zero attached hydrogens (tertiary/aromatic N) is 3. The predicted molar refractivity (Wildman–Crippen MR) is 85.7 cm³/mol. The van der Waals surface area contributed by atoms with Crippen LogP contribution in [0.3, 0.4) is 0 Å². The van der Waals surface area contributed by atoms with E-state index in [1.165, 1.54) is 12.4 Å². The van der Waals surface area contributed by atoms with Crippen molar-refractivity contribution in [3.05, 3.63) is 48.2 Å². The van der Waals surface area contributed by atoms with Crippen molar-refractivity contribution in [2.75, 3.05) is 26.0 Å². The van der Waals surface area contributed by atoms with Gasteiger partial charge >= 0.3 is 0 Å². The third-order valence-corrected chi connectivity index (χ3v) is 3.08. The smallest absolute Gasteiger partial charge is 0.222 e. The summed E-state index contributed by atoms with van der Waals surface area (Å²) in [6, 6.07) is 5.03. The van der Waals surface area contributed by atoms with Crippen molar-refractivity contribution in [2.24, 2.45) is 0 Å². The van der Waals surface area contributed by atoms with E-state index in [0.29, 0.717) is 18.0 Å². The maximum absolute atomic E-state index is 14.5. The first kappa shape index (κ1) is 15.9. The topological polar surface area (TPSA) is 50.3 Å². The van der Waals surface area contributed by atoms with Gasteiger partial charge in [0, 0.05) is 38.0 Å². The van der Waals surface area contributed by atoms with Gasteiger partial charge in [0.05, 0.1) is 5.69 Å². The van der Waals surface area contributed by atoms with Gasteiger partial charge in [0.1, 0.15) is 6.33 Å². The van der Waals surface area contributed by atoms with Gasteiger partial charge in [-0.15, -0.1) is 0 Å². The lowest BCUT2D eigenvalue weighted by molar-refractivity contribution is 0.425. The van der Waals surface area contributed by atoms with Gasteiger partial charge < -0.3 is 15.0 Å². The third-order valence-electron chi connectivity index (χ3n) is 3.08. The summed E-state index contributed by atoms with van der Waals surface area (Å²) in [7, 11) is 5.51. The second-order valence-corrected chi connectivity index (χ2v) is 4.89. The van der Waals surface area contributed by atoms with E-state index in [1.54, 1.807) is 18.2 Å². The van der Waals surface area contributed by atoms with E-state index in [4.69, 9.17) is 4.74 Å². The highest BCUT2D eigenvalue weighted by Crippen LogP contribution is 2.32. The van der Waals surface area contributed by atoms with Crippen molar-refractivity contribution >= 4 is 11.8 Å². The zero-order valence-corrected chi connectivity index (χ0v) is 12.9. The van der Waals surface area contributed by atoms with Gasteiger partial charge in [-0.2, -0.15) is 0 Å². The number of rotatable bonds is 6. The van der Waals surface area contributed by atoms with E-state index < -0.39 is 5.82 Å². The molecule has 0 atom stereocenters. The number of hydrogen-bond donors (Lipinski definition) is 1. The summed E-state index contributed by atoms with van der Waals surface area (Å²) >= 11 is 0. The van der Waals surface area contributed by atoms with Crippen molar-refractivity contribution < 1.29 is 9.13 Å². The minimum atomic E-state index is -0.463. The molecule has 1 heterocycles. The Morgan fingerprint density at radius 3 is 2.77 bits per heavy atom. The van der Waals surface area contributed by atoms with Crippen LogP contribution in [0.15, 0.2) is 31.1 Å². The Kier molecular flexibility index (Phi) is 5.06. The lowest BCUT2D eigenvalue weighted by atomic mass is 10.1. The first-order chi connectivity index (χ1) is 10.6. The summed E-state index contributed by atoms with van der Waals surface area (Å²) in [4.78, 5) is 9.92. The van der Waals surface area contributed by atoms with Crippen molar-refractivity contribution in [1.29, 1.82) is 0 Å². The monoisotopic (exact) mass is 302 g/mol. The molecule has 1 N–H and O–H groups in total. The molecule has 0 aliphatic heterocycles. The molecule has 0 radical (unpaired) electrons. The first-order valence-corrected chi connectivity index (χ1v) is 6.82. The van der Waals surface area contributed by atoms with Gasteiger partial charge in [0.15, 0.2) is 11.6 Å². The van der Waals surface area contributed by atoms with Crippen LogP contribution in [-0.4, -0.2) is 31.1 Å². The van der Waals surface area contributed by atoms with Crippen molar-refractivity contribution in [3.8, 4) is 11.6 Å². The van der Waals surface area contributed by atoms with Crippen molar-refractivity contribution in [1.82, 2.24) is 15.3 Å². The summed E-state index contributed by atoms with van der Waals surface area (Å²) in [6.45, 7) is 4.25. The fourth-order valence-corrected chi connectivity index (χ4v) is 2.05. The fourth-order valence-electron chi connectivity index (χ4n) is 2.05. The van der Waals surface area contributed by atoms with E-state index in [9.17, 15) is 4.39 Å². The molecular weight excluding hydrogens is 283 g/mol. The van der Waals surface area contributed by atoms with E-state index in [0.717, 1.165) is 11.4 Å². The first-order valence-electron chi connectivity index (χ1n) is 6.82. The number of nitrogens with one attached hydrogen (secondary N) is 1. The highest BCUT2D eigenvalue weighted by Gasteiger charge is 2.14. The average molecular weight is 302 g/mol. The number of anilines is 1. The summed E-state index contributed by atoms with van der Waals surface area (Å²) in [5, 5.41) is 2.99. The fraction of sp³-hybridized carbons (Fsp3) is 0.250. The zero-order valence-electron chi connectivity index (χ0n) is 12.9. The Balaban J connectivity index is 2.34. The Bertz CT molecular complexity index is 673. The van der Waals surface area contributed by atoms with Gasteiger partial charge in [-0.3, -0.25) is 0 Å². The minimum Gasteiger partial charge on any atom is -0.436 e. The van der Waals surface area contributed by atoms with Crippen LogP contribution in [0.25, 0.3) is 6.08 Å². The molecule has 0 saturated heterocycles. The number of halogens is 1. The van der Waals surface area contributed by atoms with Gasteiger partial charge in [0.25, 0.3) is 0 Å². The average Bonchev–Trinajstić information content (AvgIpc) is 2.49. The Morgan fingerprint density at radius 2 is 2.14 bits per heavy atom. The molecule has 5 nitrogen and oxygen atoms in total. The van der Waals surface area contributed by atoms with E-state index in [2.05, 4.69) is 21.9 Å². The number of ether oxygens (including phenoxy) is 1. The molecule has 1 aromatic carbocycles. The maximum atomic E-state index is 14.5. The van der Waals surface area contributed by atoms with Crippen LogP contribution < -0.4 is 15.0 Å². The minimum absolute atomic E-state index is 0.106. The molecule has 2 aromatic rings. The molecule has 0 unspecified atom stereocenters. The number of benzene rings is 1. The van der Waals surface area contributed by atoms with Crippen LogP contribution in [0.4, 0.5) is 10.1 Å². The molecule has 0 aliphatic carbocycles. The maximum Gasteiger partial charge on any atom is 0.222 e. The van der Waals surface area contributed by atoms with Crippen LogP contribution in [0.2, 0.25) is 0 Å². The van der Waals surface area contributed by atoms with Crippen LogP contribution in [0.1, 0.15) is 11.3 Å². The normalized spacial score (nSPS) is 10.4. The molecule has 2 rings (SSSR count). The van der Waals surface area contributed by atoms with Crippen LogP contribution in [0, 0.1) is 5.82 Å². The predicted octanol–water partition coefficient (Wildman–Crippen LogP) is 2.84. The summed E-state index contributed by atoms with van der Waals surface area (Å²) in [5.74, 6) is -0.0589. The largest absolute Gasteiger partial charge is 0.436 e. The van der Waals surface area contributed by atoms with Crippen molar-refractivity contribution in [2.45, 2.75) is 6.54 Å². The van der Waals surface area contributed by atoms with Crippen LogP contribution in [0.5, 0.6) is 11.6 Å². The lowest BCUT2D eigenvalue weighted by Crippen LogP contribution is -2.11. The zero-order chi connectivity index (χ0) is 16.1. The molecule has 0 spiro atoms. The Labute approximate surface area is 129 Å². The molecule has 0 fully saturated rings. The standard InChI is InChI=1S/C16H19FN4O/c1-5-12-13(21(3)4)6-7-14(16(12)17)22-15-8-11(9-18-2)19-10-20-15/h5-8,10,18H,1,9H2,2-4H3. The molecule has 1 aromatic heterocycles. The highest BCUT2D eigenvalue weighted by atomic mass is 19.1. The second kappa shape index (κ2) is 7.00. The second-order valence-electron chi connectivity index (χ2n) is 4.89. The molecule has 22 heavy (non-hydrogen) atoms. The van der Waals surface area contributed by atoms with Gasteiger partial charge in [-0.1, -0.05) is 12.7 Å². The van der Waals surface area contributed by atoms with E-state index in [-0.39, 0.29) is 5.75 Å². The SMILES string of the molecule is C=Cc1c(N(C)C)ccc(Oc2cc(CNC)ncn2)c1F. The summed E-state index contributed by atoms with van der Waals surface area (Å²) in [6.07, 6.45) is 2.87. The van der Waals surface area contributed by atoms with Crippen LogP contribution >= 0.6 is 0 Å². The van der Waals surface area contributed by atoms with Crippen LogP contribution in [-0.2, 0) is 6.54 Å². The number of hydrogen-bond acceptors (Lipinski definition) is 5. The molecular formula is C16H19FN4O.